The molecule has 0 radical (unpaired) electrons. The lowest BCUT2D eigenvalue weighted by Crippen LogP contribution is -2.28. The van der Waals surface area contributed by atoms with Gasteiger partial charge in [0.25, 0.3) is 0 Å². The van der Waals surface area contributed by atoms with Gasteiger partial charge in [0.05, 0.1) is 12.7 Å². The van der Waals surface area contributed by atoms with Crippen LogP contribution in [0.1, 0.15) is 27.2 Å². The monoisotopic (exact) mass is 243 g/mol. The zero-order valence-electron chi connectivity index (χ0n) is 10.6. The first-order chi connectivity index (χ1) is 7.95. The molecule has 2 N–H and O–H groups in total. The van der Waals surface area contributed by atoms with Crippen LogP contribution in [0.2, 0.25) is 0 Å². The van der Waals surface area contributed by atoms with E-state index in [1.54, 1.807) is 13.8 Å². The van der Waals surface area contributed by atoms with E-state index >= 15 is 0 Å². The molecular weight excluding hydrogens is 222 g/mol. The normalized spacial score (nSPS) is 14.4. The van der Waals surface area contributed by atoms with Crippen molar-refractivity contribution in [3.63, 3.8) is 0 Å². The summed E-state index contributed by atoms with van der Waals surface area (Å²) in [6.07, 6.45) is 2.49. The molecule has 0 bridgehead atoms. The van der Waals surface area contributed by atoms with Crippen molar-refractivity contribution in [2.24, 2.45) is 5.92 Å². The van der Waals surface area contributed by atoms with Crippen LogP contribution in [-0.4, -0.2) is 36.2 Å². The Morgan fingerprint density at radius 1 is 1.35 bits per heavy atom. The van der Waals surface area contributed by atoms with Crippen LogP contribution < -0.4 is 5.32 Å². The number of carbonyl (C=O) groups excluding carboxylic acids is 2. The van der Waals surface area contributed by atoms with Crippen LogP contribution in [0.15, 0.2) is 12.2 Å². The number of nitrogens with one attached hydrogen (secondary N) is 1. The summed E-state index contributed by atoms with van der Waals surface area (Å²) in [5.41, 5.74) is 0. The summed E-state index contributed by atoms with van der Waals surface area (Å²) in [5, 5.41) is 11.8. The molecule has 5 heteroatoms. The van der Waals surface area contributed by atoms with Gasteiger partial charge in [-0.3, -0.25) is 4.79 Å². The number of aliphatic hydroxyl groups is 1. The van der Waals surface area contributed by atoms with Gasteiger partial charge < -0.3 is 15.2 Å². The van der Waals surface area contributed by atoms with Crippen molar-refractivity contribution in [3.8, 4) is 0 Å². The fourth-order valence-electron chi connectivity index (χ4n) is 1.33. The fourth-order valence-corrected chi connectivity index (χ4v) is 1.33. The Kier molecular flexibility index (Phi) is 8.05. The van der Waals surface area contributed by atoms with Crippen LogP contribution in [0.3, 0.4) is 0 Å². The molecule has 0 saturated heterocycles. The maximum absolute atomic E-state index is 11.3. The van der Waals surface area contributed by atoms with Crippen molar-refractivity contribution in [1.82, 2.24) is 5.32 Å². The van der Waals surface area contributed by atoms with E-state index in [1.807, 2.05) is 6.92 Å². The molecule has 0 aliphatic rings. The van der Waals surface area contributed by atoms with Crippen molar-refractivity contribution in [3.05, 3.63) is 12.2 Å². The second-order valence-electron chi connectivity index (χ2n) is 4.02. The summed E-state index contributed by atoms with van der Waals surface area (Å²) < 4.78 is 4.63. The minimum absolute atomic E-state index is 0.190. The molecule has 0 aromatic carbocycles. The second kappa shape index (κ2) is 8.75. The van der Waals surface area contributed by atoms with E-state index in [0.717, 1.165) is 12.2 Å². The summed E-state index contributed by atoms with van der Waals surface area (Å²) >= 11 is 0. The number of aliphatic hydroxyl groups excluding tert-OH is 1. The number of carbonyl (C=O) groups is 2. The third-order valence-corrected chi connectivity index (χ3v) is 2.03. The smallest absolute Gasteiger partial charge is 0.330 e. The Bertz CT molecular complexity index is 274. The Balaban J connectivity index is 3.83. The third-order valence-electron chi connectivity index (χ3n) is 2.03. The standard InChI is InChI=1S/C12H21NO4/c1-4-17-12(16)6-5-11(15)13-8-9(2)7-10(3)14/h5-6,9-10,14H,4,7-8H2,1-3H3,(H,13,15)/b6-5+. The number of amides is 1. The molecule has 0 aliphatic carbocycles. The predicted octanol–water partition coefficient (Wildman–Crippen LogP) is 0.629. The summed E-state index contributed by atoms with van der Waals surface area (Å²) in [5.74, 6) is -0.676. The topological polar surface area (TPSA) is 75.6 Å². The van der Waals surface area contributed by atoms with Crippen molar-refractivity contribution in [1.29, 1.82) is 0 Å². The van der Waals surface area contributed by atoms with Gasteiger partial charge >= 0.3 is 5.97 Å². The average Bonchev–Trinajstić information content (AvgIpc) is 2.23. The lowest BCUT2D eigenvalue weighted by atomic mass is 10.0. The van der Waals surface area contributed by atoms with Crippen molar-refractivity contribution >= 4 is 11.9 Å². The zero-order chi connectivity index (χ0) is 13.3. The van der Waals surface area contributed by atoms with Crippen LogP contribution in [0, 0.1) is 5.92 Å². The molecule has 0 fully saturated rings. The number of rotatable bonds is 7. The van der Waals surface area contributed by atoms with Crippen LogP contribution in [-0.2, 0) is 14.3 Å². The SMILES string of the molecule is CCOC(=O)/C=C/C(=O)NCC(C)CC(C)O. The van der Waals surface area contributed by atoms with E-state index in [1.165, 1.54) is 0 Å². The van der Waals surface area contributed by atoms with Gasteiger partial charge in [0.15, 0.2) is 0 Å². The number of hydrogen-bond acceptors (Lipinski definition) is 4. The molecule has 2 unspecified atom stereocenters. The van der Waals surface area contributed by atoms with E-state index in [4.69, 9.17) is 5.11 Å². The highest BCUT2D eigenvalue weighted by Crippen LogP contribution is 2.03. The highest BCUT2D eigenvalue weighted by atomic mass is 16.5. The average molecular weight is 243 g/mol. The first-order valence-corrected chi connectivity index (χ1v) is 5.76. The molecule has 0 spiro atoms. The molecule has 98 valence electrons. The van der Waals surface area contributed by atoms with Gasteiger partial charge in [-0.1, -0.05) is 6.92 Å². The zero-order valence-corrected chi connectivity index (χ0v) is 10.6. The summed E-state index contributed by atoms with van der Waals surface area (Å²) in [7, 11) is 0. The molecule has 0 saturated carbocycles. The highest BCUT2D eigenvalue weighted by molar-refractivity contribution is 5.94. The quantitative estimate of drug-likeness (QED) is 0.508. The van der Waals surface area contributed by atoms with E-state index in [-0.39, 0.29) is 24.5 Å². The van der Waals surface area contributed by atoms with Crippen LogP contribution in [0.5, 0.6) is 0 Å². The van der Waals surface area contributed by atoms with Crippen LogP contribution in [0.4, 0.5) is 0 Å². The van der Waals surface area contributed by atoms with Gasteiger partial charge in [-0.25, -0.2) is 4.79 Å². The number of esters is 1. The van der Waals surface area contributed by atoms with Crippen LogP contribution >= 0.6 is 0 Å². The summed E-state index contributed by atoms with van der Waals surface area (Å²) in [4.78, 5) is 22.2. The van der Waals surface area contributed by atoms with Gasteiger partial charge in [0.1, 0.15) is 0 Å². The Hall–Kier alpha value is -1.36. The van der Waals surface area contributed by atoms with E-state index in [9.17, 15) is 9.59 Å². The minimum atomic E-state index is -0.528. The lowest BCUT2D eigenvalue weighted by Gasteiger charge is -2.13. The largest absolute Gasteiger partial charge is 0.463 e. The number of hydrogen-bond donors (Lipinski definition) is 2. The fraction of sp³-hybridized carbons (Fsp3) is 0.667. The Labute approximate surface area is 102 Å². The molecule has 2 atom stereocenters. The lowest BCUT2D eigenvalue weighted by molar-refractivity contribution is -0.137. The number of ether oxygens (including phenoxy) is 1. The van der Waals surface area contributed by atoms with Crippen LogP contribution in [0.25, 0.3) is 0 Å². The highest BCUT2D eigenvalue weighted by Gasteiger charge is 2.07. The molecule has 0 aromatic heterocycles. The molecule has 17 heavy (non-hydrogen) atoms. The summed E-state index contributed by atoms with van der Waals surface area (Å²) in [6, 6.07) is 0. The van der Waals surface area contributed by atoms with Gasteiger partial charge in [-0.2, -0.15) is 0 Å². The predicted molar refractivity (Wildman–Crippen MR) is 64.2 cm³/mol. The third kappa shape index (κ3) is 9.56. The van der Waals surface area contributed by atoms with Crippen molar-refractivity contribution in [2.75, 3.05) is 13.2 Å². The summed E-state index contributed by atoms with van der Waals surface area (Å²) in [6.45, 7) is 6.09. The van der Waals surface area contributed by atoms with Gasteiger partial charge in [-0.15, -0.1) is 0 Å². The maximum Gasteiger partial charge on any atom is 0.330 e. The first kappa shape index (κ1) is 15.6. The van der Waals surface area contributed by atoms with Gasteiger partial charge in [-0.05, 0) is 26.2 Å². The molecule has 0 aliphatic heterocycles. The molecule has 0 rings (SSSR count). The Morgan fingerprint density at radius 3 is 2.53 bits per heavy atom. The molecule has 5 nitrogen and oxygen atoms in total. The van der Waals surface area contributed by atoms with Gasteiger partial charge in [0.2, 0.25) is 5.91 Å². The Morgan fingerprint density at radius 2 is 2.00 bits per heavy atom. The van der Waals surface area contributed by atoms with Crippen molar-refractivity contribution < 1.29 is 19.4 Å². The molecule has 1 amide bonds. The van der Waals surface area contributed by atoms with Crippen molar-refractivity contribution in [2.45, 2.75) is 33.3 Å². The second-order valence-corrected chi connectivity index (χ2v) is 4.02. The molecule has 0 aromatic rings. The molecular formula is C12H21NO4. The van der Waals surface area contributed by atoms with E-state index in [0.29, 0.717) is 13.0 Å². The van der Waals surface area contributed by atoms with Gasteiger partial charge in [0, 0.05) is 18.7 Å². The molecule has 0 heterocycles. The minimum Gasteiger partial charge on any atom is -0.463 e. The maximum atomic E-state index is 11.3. The van der Waals surface area contributed by atoms with E-state index < -0.39 is 5.97 Å². The van der Waals surface area contributed by atoms with E-state index in [2.05, 4.69) is 10.1 Å². The first-order valence-electron chi connectivity index (χ1n) is 5.76.